The molecule has 0 saturated heterocycles. The number of aromatic nitrogens is 1. The summed E-state index contributed by atoms with van der Waals surface area (Å²) in [6.07, 6.45) is 3.57. The van der Waals surface area contributed by atoms with Crippen LogP contribution in [0.25, 0.3) is 0 Å². The number of hydrogen-bond donors (Lipinski definition) is 2. The number of aliphatic carboxylic acids is 1. The molecule has 0 aromatic carbocycles. The van der Waals surface area contributed by atoms with E-state index in [0.29, 0.717) is 24.2 Å². The van der Waals surface area contributed by atoms with Gasteiger partial charge in [0.05, 0.1) is 5.56 Å². The van der Waals surface area contributed by atoms with E-state index in [-0.39, 0.29) is 0 Å². The van der Waals surface area contributed by atoms with Crippen LogP contribution in [0.2, 0.25) is 0 Å². The standard InChI is InChI=1S/C11H11N3O2/c12-6-8-2-3-9(13-7-8)14-11(10(15)16)4-1-5-11/h2-3,7H,1,4-5H2,(H,13,14)(H,15,16). The molecule has 0 atom stereocenters. The monoisotopic (exact) mass is 217 g/mol. The molecule has 1 aliphatic rings. The van der Waals surface area contributed by atoms with Crippen LogP contribution in [-0.2, 0) is 4.79 Å². The minimum absolute atomic E-state index is 0.462. The zero-order chi connectivity index (χ0) is 11.6. The van der Waals surface area contributed by atoms with Crippen molar-refractivity contribution in [3.8, 4) is 6.07 Å². The highest BCUT2D eigenvalue weighted by atomic mass is 16.4. The molecule has 0 bridgehead atoms. The van der Waals surface area contributed by atoms with Gasteiger partial charge in [-0.3, -0.25) is 0 Å². The Morgan fingerprint density at radius 2 is 2.31 bits per heavy atom. The number of carboxylic acid groups (broad SMARTS) is 1. The van der Waals surface area contributed by atoms with Crippen LogP contribution in [0.1, 0.15) is 24.8 Å². The molecular formula is C11H11N3O2. The third kappa shape index (κ3) is 1.70. The van der Waals surface area contributed by atoms with Gasteiger partial charge in [0.1, 0.15) is 17.4 Å². The first kappa shape index (κ1) is 10.4. The van der Waals surface area contributed by atoms with Crippen LogP contribution in [0.3, 0.4) is 0 Å². The van der Waals surface area contributed by atoms with Crippen LogP contribution in [0, 0.1) is 11.3 Å². The maximum Gasteiger partial charge on any atom is 0.329 e. The third-order valence-corrected chi connectivity index (χ3v) is 2.88. The molecule has 1 heterocycles. The van der Waals surface area contributed by atoms with Gasteiger partial charge in [0.15, 0.2) is 0 Å². The lowest BCUT2D eigenvalue weighted by Crippen LogP contribution is -2.52. The highest BCUT2D eigenvalue weighted by Gasteiger charge is 2.44. The molecule has 1 fully saturated rings. The highest BCUT2D eigenvalue weighted by Crippen LogP contribution is 2.35. The smallest absolute Gasteiger partial charge is 0.329 e. The second-order valence-electron chi connectivity index (χ2n) is 3.91. The van der Waals surface area contributed by atoms with Gasteiger partial charge in [0.25, 0.3) is 0 Å². The zero-order valence-corrected chi connectivity index (χ0v) is 8.60. The molecule has 0 unspecified atom stereocenters. The van der Waals surface area contributed by atoms with Crippen molar-refractivity contribution in [2.45, 2.75) is 24.8 Å². The summed E-state index contributed by atoms with van der Waals surface area (Å²) in [4.78, 5) is 15.1. The molecule has 0 radical (unpaired) electrons. The summed E-state index contributed by atoms with van der Waals surface area (Å²) >= 11 is 0. The SMILES string of the molecule is N#Cc1ccc(NC2(C(=O)O)CCC2)nc1. The fourth-order valence-electron chi connectivity index (χ4n) is 1.70. The normalized spacial score (nSPS) is 16.9. The lowest BCUT2D eigenvalue weighted by atomic mass is 9.77. The van der Waals surface area contributed by atoms with E-state index in [9.17, 15) is 4.79 Å². The molecule has 2 rings (SSSR count). The molecule has 1 aromatic rings. The van der Waals surface area contributed by atoms with Crippen molar-refractivity contribution in [2.24, 2.45) is 0 Å². The van der Waals surface area contributed by atoms with Gasteiger partial charge in [-0.2, -0.15) is 5.26 Å². The second kappa shape index (κ2) is 3.81. The Bertz CT molecular complexity index is 443. The van der Waals surface area contributed by atoms with E-state index in [4.69, 9.17) is 10.4 Å². The Hall–Kier alpha value is -2.09. The molecule has 1 saturated carbocycles. The van der Waals surface area contributed by atoms with Crippen molar-refractivity contribution in [3.05, 3.63) is 23.9 Å². The predicted molar refractivity (Wildman–Crippen MR) is 56.8 cm³/mol. The Balaban J connectivity index is 2.14. The van der Waals surface area contributed by atoms with E-state index in [1.165, 1.54) is 6.20 Å². The first-order chi connectivity index (χ1) is 7.66. The molecule has 5 nitrogen and oxygen atoms in total. The molecule has 0 amide bonds. The fraction of sp³-hybridized carbons (Fsp3) is 0.364. The van der Waals surface area contributed by atoms with E-state index >= 15 is 0 Å². The van der Waals surface area contributed by atoms with E-state index in [2.05, 4.69) is 10.3 Å². The maximum absolute atomic E-state index is 11.1. The van der Waals surface area contributed by atoms with Crippen molar-refractivity contribution in [1.29, 1.82) is 5.26 Å². The molecule has 1 aliphatic carbocycles. The van der Waals surface area contributed by atoms with E-state index in [1.807, 2.05) is 6.07 Å². The summed E-state index contributed by atoms with van der Waals surface area (Å²) in [7, 11) is 0. The number of carbonyl (C=O) groups is 1. The number of pyridine rings is 1. The molecular weight excluding hydrogens is 206 g/mol. The number of rotatable bonds is 3. The summed E-state index contributed by atoms with van der Waals surface area (Å²) in [6.45, 7) is 0. The topological polar surface area (TPSA) is 86.0 Å². The lowest BCUT2D eigenvalue weighted by molar-refractivity contribution is -0.145. The molecule has 16 heavy (non-hydrogen) atoms. The molecule has 82 valence electrons. The van der Waals surface area contributed by atoms with Crippen LogP contribution >= 0.6 is 0 Å². The number of hydrogen-bond acceptors (Lipinski definition) is 4. The van der Waals surface area contributed by atoms with Crippen LogP contribution in [-0.4, -0.2) is 21.6 Å². The summed E-state index contributed by atoms with van der Waals surface area (Å²) in [6, 6.07) is 5.20. The molecule has 5 heteroatoms. The number of nitrogens with zero attached hydrogens (tertiary/aromatic N) is 2. The highest BCUT2D eigenvalue weighted by molar-refractivity contribution is 5.83. The summed E-state index contributed by atoms with van der Waals surface area (Å²) < 4.78 is 0. The Kier molecular flexibility index (Phi) is 2.49. The Labute approximate surface area is 92.7 Å². The molecule has 0 spiro atoms. The predicted octanol–water partition coefficient (Wildman–Crippen LogP) is 1.37. The van der Waals surface area contributed by atoms with Crippen LogP contribution < -0.4 is 5.32 Å². The average molecular weight is 217 g/mol. The van der Waals surface area contributed by atoms with E-state index in [0.717, 1.165) is 6.42 Å². The summed E-state index contributed by atoms with van der Waals surface area (Å²) in [5.41, 5.74) is -0.398. The van der Waals surface area contributed by atoms with Gasteiger partial charge in [0, 0.05) is 6.20 Å². The van der Waals surface area contributed by atoms with Crippen molar-refractivity contribution in [1.82, 2.24) is 4.98 Å². The van der Waals surface area contributed by atoms with Crippen molar-refractivity contribution in [2.75, 3.05) is 5.32 Å². The largest absolute Gasteiger partial charge is 0.480 e. The molecule has 0 aliphatic heterocycles. The van der Waals surface area contributed by atoms with Crippen LogP contribution in [0.4, 0.5) is 5.82 Å². The van der Waals surface area contributed by atoms with Gasteiger partial charge < -0.3 is 10.4 Å². The first-order valence-corrected chi connectivity index (χ1v) is 5.04. The zero-order valence-electron chi connectivity index (χ0n) is 8.60. The molecule has 2 N–H and O–H groups in total. The van der Waals surface area contributed by atoms with Gasteiger partial charge in [-0.1, -0.05) is 0 Å². The summed E-state index contributed by atoms with van der Waals surface area (Å²) in [5.74, 6) is -0.342. The van der Waals surface area contributed by atoms with Gasteiger partial charge >= 0.3 is 5.97 Å². The number of nitrogens with one attached hydrogen (secondary N) is 1. The fourth-order valence-corrected chi connectivity index (χ4v) is 1.70. The third-order valence-electron chi connectivity index (χ3n) is 2.88. The van der Waals surface area contributed by atoms with Gasteiger partial charge in [-0.25, -0.2) is 9.78 Å². The van der Waals surface area contributed by atoms with Crippen molar-refractivity contribution in [3.63, 3.8) is 0 Å². The minimum Gasteiger partial charge on any atom is -0.480 e. The average Bonchev–Trinajstić information content (AvgIpc) is 2.24. The van der Waals surface area contributed by atoms with Gasteiger partial charge in [0.2, 0.25) is 0 Å². The Morgan fingerprint density at radius 3 is 2.69 bits per heavy atom. The van der Waals surface area contributed by atoms with Crippen LogP contribution in [0.5, 0.6) is 0 Å². The first-order valence-electron chi connectivity index (χ1n) is 5.04. The van der Waals surface area contributed by atoms with Crippen molar-refractivity contribution < 1.29 is 9.90 Å². The second-order valence-corrected chi connectivity index (χ2v) is 3.91. The number of carboxylic acids is 1. The molecule has 1 aromatic heterocycles. The minimum atomic E-state index is -0.860. The summed E-state index contributed by atoms with van der Waals surface area (Å²) in [5, 5.41) is 20.6. The number of nitriles is 1. The van der Waals surface area contributed by atoms with E-state index in [1.54, 1.807) is 12.1 Å². The van der Waals surface area contributed by atoms with Crippen LogP contribution in [0.15, 0.2) is 18.3 Å². The van der Waals surface area contributed by atoms with Gasteiger partial charge in [-0.05, 0) is 31.4 Å². The quantitative estimate of drug-likeness (QED) is 0.798. The van der Waals surface area contributed by atoms with Crippen molar-refractivity contribution >= 4 is 11.8 Å². The lowest BCUT2D eigenvalue weighted by Gasteiger charge is -2.38. The number of anilines is 1. The van der Waals surface area contributed by atoms with Gasteiger partial charge in [-0.15, -0.1) is 0 Å². The maximum atomic E-state index is 11.1. The van der Waals surface area contributed by atoms with E-state index < -0.39 is 11.5 Å². The Morgan fingerprint density at radius 1 is 1.56 bits per heavy atom.